The molecule has 0 spiro atoms. The molecule has 0 saturated heterocycles. The second-order valence-electron chi connectivity index (χ2n) is 17.2. The predicted molar refractivity (Wildman–Crippen MR) is 300 cm³/mol. The van der Waals surface area contributed by atoms with E-state index in [2.05, 4.69) is 135 Å². The van der Waals surface area contributed by atoms with Crippen LogP contribution in [-0.4, -0.2) is 34.6 Å². The van der Waals surface area contributed by atoms with Crippen molar-refractivity contribution < 1.29 is 34.1 Å². The van der Waals surface area contributed by atoms with E-state index in [1.165, 1.54) is 103 Å². The van der Waals surface area contributed by atoms with Gasteiger partial charge in [-0.05, 0) is 151 Å². The van der Waals surface area contributed by atoms with E-state index < -0.39 is 11.1 Å². The first-order valence-electron chi connectivity index (χ1n) is 24.8. The molecule has 74 heavy (non-hydrogen) atoms. The summed E-state index contributed by atoms with van der Waals surface area (Å²) in [5.74, 6) is 2.79. The van der Waals surface area contributed by atoms with Gasteiger partial charge in [0.1, 0.15) is 35.4 Å². The molecule has 2 aromatic rings. The molecule has 0 atom stereocenters. The van der Waals surface area contributed by atoms with E-state index in [9.17, 15) is 0 Å². The SMILES string of the molecule is CCC1=C(C)/C(=C/c2[n-]c(/C=C3\N=C(C)C(CC)=C3C)c(CC)c2CC)N=C1C.CCC1=C(C)/C(=C/c2[n-]c(/C=C3\N=C(C)C(CC)=C3C)c(CC)c2CC)N=C1C.N#CC(=C=[N-])C#N.N#CC(=C=[N-])C#N.[Cu+2].[Cu+2]. The zero-order chi connectivity index (χ0) is 54.0. The number of aliphatic imine (C=N–C) groups is 4. The molecular formula is C60H68Cu2N12. The van der Waals surface area contributed by atoms with Crippen LogP contribution in [0, 0.1) is 45.3 Å². The van der Waals surface area contributed by atoms with Gasteiger partial charge in [0.25, 0.3) is 0 Å². The van der Waals surface area contributed by atoms with Gasteiger partial charge in [-0.3, -0.25) is 20.0 Å². The number of hydrogen-bond donors (Lipinski definition) is 0. The second-order valence-corrected chi connectivity index (χ2v) is 17.2. The summed E-state index contributed by atoms with van der Waals surface area (Å²) in [6.45, 7) is 34.8. The molecule has 14 heteroatoms. The Morgan fingerprint density at radius 2 is 0.568 bits per heavy atom. The Hall–Kier alpha value is -6.94. The number of aromatic nitrogens is 2. The van der Waals surface area contributed by atoms with Gasteiger partial charge >= 0.3 is 34.1 Å². The van der Waals surface area contributed by atoms with E-state index in [1.54, 1.807) is 0 Å². The van der Waals surface area contributed by atoms with Crippen molar-refractivity contribution in [3.63, 3.8) is 0 Å². The third kappa shape index (κ3) is 15.1. The van der Waals surface area contributed by atoms with E-state index in [-0.39, 0.29) is 34.1 Å². The van der Waals surface area contributed by atoms with Gasteiger partial charge in [0.15, 0.2) is 0 Å². The Balaban J connectivity index is 0.000000576. The molecule has 0 amide bonds. The molecule has 0 unspecified atom stereocenters. The zero-order valence-corrected chi connectivity index (χ0v) is 47.8. The fourth-order valence-electron chi connectivity index (χ4n) is 9.55. The smallest absolute Gasteiger partial charge is 0.762 e. The van der Waals surface area contributed by atoms with Crippen LogP contribution in [0.15, 0.2) is 98.5 Å². The molecule has 4 aliphatic heterocycles. The van der Waals surface area contributed by atoms with Crippen molar-refractivity contribution >= 4 is 58.9 Å². The summed E-state index contributed by atoms with van der Waals surface area (Å²) in [5.41, 5.74) is 28.2. The maximum atomic E-state index is 7.79. The molecule has 2 radical (unpaired) electrons. The topological polar surface area (TPSA) is 217 Å². The van der Waals surface area contributed by atoms with Crippen molar-refractivity contribution in [2.75, 3.05) is 0 Å². The van der Waals surface area contributed by atoms with Gasteiger partial charge in [-0.1, -0.05) is 102 Å². The van der Waals surface area contributed by atoms with Gasteiger partial charge in [0.05, 0.1) is 22.8 Å². The fourth-order valence-corrected chi connectivity index (χ4v) is 9.55. The minimum atomic E-state index is -0.403. The molecule has 0 fully saturated rings. The quantitative estimate of drug-likeness (QED) is 0.114. The van der Waals surface area contributed by atoms with Gasteiger partial charge in [0, 0.05) is 22.8 Å². The van der Waals surface area contributed by atoms with Crippen LogP contribution in [0.5, 0.6) is 0 Å². The normalized spacial score (nSPS) is 16.5. The molecule has 12 nitrogen and oxygen atoms in total. The van der Waals surface area contributed by atoms with E-state index in [4.69, 9.17) is 61.8 Å². The maximum absolute atomic E-state index is 7.79. The van der Waals surface area contributed by atoms with Gasteiger partial charge in [-0.2, -0.15) is 21.0 Å². The Kier molecular flexibility index (Phi) is 27.2. The minimum absolute atomic E-state index is 0. The fraction of sp³-hybridized carbons (Fsp3) is 0.400. The first-order chi connectivity index (χ1) is 34.4. The number of hydrogen-bond acceptors (Lipinski definition) is 8. The van der Waals surface area contributed by atoms with Crippen LogP contribution >= 0.6 is 0 Å². The zero-order valence-electron chi connectivity index (χ0n) is 45.9. The van der Waals surface area contributed by atoms with Crippen molar-refractivity contribution in [1.82, 2.24) is 9.97 Å². The molecule has 0 bridgehead atoms. The van der Waals surface area contributed by atoms with Crippen LogP contribution < -0.4 is 9.97 Å². The van der Waals surface area contributed by atoms with Crippen molar-refractivity contribution in [2.45, 2.75) is 162 Å². The molecule has 0 aliphatic carbocycles. The summed E-state index contributed by atoms with van der Waals surface area (Å²) in [4.78, 5) is 29.4. The van der Waals surface area contributed by atoms with Crippen LogP contribution in [0.2, 0.25) is 0 Å². The molecule has 0 aromatic carbocycles. The summed E-state index contributed by atoms with van der Waals surface area (Å²) < 4.78 is 0. The van der Waals surface area contributed by atoms with Crippen LogP contribution in [0.25, 0.3) is 35.1 Å². The molecule has 4 aliphatic rings. The van der Waals surface area contributed by atoms with Crippen LogP contribution in [0.1, 0.15) is 181 Å². The Morgan fingerprint density at radius 1 is 0.378 bits per heavy atom. The molecule has 0 saturated carbocycles. The van der Waals surface area contributed by atoms with E-state index >= 15 is 0 Å². The summed E-state index contributed by atoms with van der Waals surface area (Å²) in [6, 6.07) is 5.58. The standard InChI is InChI=1S/2C26H34N3.2C4N3.2Cu/c2*1-9-19-15(5)23(27-17(19)7)13-25-21(11-3)22(12-4)26(29-25)14-24-16(6)20(10-2)18(8)28-24;2*5-1-4(2-6)3-7;;/h2*13-14H,9-12H2,1-8H3;;;;/q4*-1;2*+2/b2*23-13-,24-14-;;;;. The van der Waals surface area contributed by atoms with E-state index in [0.29, 0.717) is 0 Å². The number of rotatable bonds is 12. The van der Waals surface area contributed by atoms with Crippen molar-refractivity contribution in [2.24, 2.45) is 20.0 Å². The molecule has 6 rings (SSSR count). The second kappa shape index (κ2) is 30.9. The van der Waals surface area contributed by atoms with E-state index in [1.807, 2.05) is 0 Å². The monoisotopic (exact) mass is 1080 g/mol. The minimum Gasteiger partial charge on any atom is -0.762 e. The maximum Gasteiger partial charge on any atom is 2.00 e. The molecular weight excluding hydrogens is 1020 g/mol. The third-order valence-corrected chi connectivity index (χ3v) is 13.3. The van der Waals surface area contributed by atoms with Gasteiger partial charge in [0.2, 0.25) is 0 Å². The largest absolute Gasteiger partial charge is 2.00 e. The summed E-state index contributed by atoms with van der Waals surface area (Å²) in [6.07, 6.45) is 16.7. The molecule has 2 aromatic heterocycles. The summed E-state index contributed by atoms with van der Waals surface area (Å²) in [5, 5.41) is 46.8. The van der Waals surface area contributed by atoms with Crippen LogP contribution in [0.3, 0.4) is 0 Å². The van der Waals surface area contributed by atoms with Gasteiger partial charge < -0.3 is 20.8 Å². The van der Waals surface area contributed by atoms with Crippen molar-refractivity contribution in [1.29, 1.82) is 21.0 Å². The number of allylic oxidation sites excluding steroid dienone is 10. The Morgan fingerprint density at radius 3 is 0.676 bits per heavy atom. The number of nitriles is 4. The third-order valence-electron chi connectivity index (χ3n) is 13.3. The van der Waals surface area contributed by atoms with Crippen LogP contribution in [-0.2, 0) is 59.8 Å². The predicted octanol–water partition coefficient (Wildman–Crippen LogP) is 14.1. The molecule has 6 heterocycles. The Labute approximate surface area is 462 Å². The average molecular weight is 1080 g/mol. The van der Waals surface area contributed by atoms with Crippen molar-refractivity contribution in [3.8, 4) is 24.3 Å². The van der Waals surface area contributed by atoms with Gasteiger partial charge in [-0.15, -0.1) is 22.8 Å². The first-order valence-corrected chi connectivity index (χ1v) is 24.8. The summed E-state index contributed by atoms with van der Waals surface area (Å²) in [7, 11) is 0. The molecule has 0 N–H and O–H groups in total. The van der Waals surface area contributed by atoms with E-state index in [0.717, 1.165) is 120 Å². The van der Waals surface area contributed by atoms with Crippen LogP contribution in [0.4, 0.5) is 0 Å². The summed E-state index contributed by atoms with van der Waals surface area (Å²) >= 11 is 0. The Bertz CT molecular complexity index is 2760. The first kappa shape index (κ1) is 65.1. The molecule has 390 valence electrons. The van der Waals surface area contributed by atoms with Gasteiger partial charge in [-0.25, -0.2) is 11.7 Å². The number of nitrogens with zero attached hydrogens (tertiary/aromatic N) is 12. The average Bonchev–Trinajstić information content (AvgIpc) is 4.17. The van der Waals surface area contributed by atoms with Crippen molar-refractivity contribution in [3.05, 3.63) is 134 Å².